The van der Waals surface area contributed by atoms with E-state index in [-0.39, 0.29) is 6.09 Å². The topological polar surface area (TPSA) is 70.2 Å². The van der Waals surface area contributed by atoms with Crippen LogP contribution in [0.1, 0.15) is 36.7 Å². The number of aromatic nitrogens is 2. The molecular formula is C19H28N4O2. The summed E-state index contributed by atoms with van der Waals surface area (Å²) in [5.41, 5.74) is 4.72. The first-order chi connectivity index (χ1) is 12.1. The second-order valence-corrected chi connectivity index (χ2v) is 6.75. The Hall–Kier alpha value is -2.08. The Kier molecular flexibility index (Phi) is 5.58. The Morgan fingerprint density at radius 3 is 2.84 bits per heavy atom. The van der Waals surface area contributed by atoms with E-state index in [0.717, 1.165) is 55.8 Å². The Morgan fingerprint density at radius 1 is 1.36 bits per heavy atom. The molecule has 1 aromatic heterocycles. The minimum Gasteiger partial charge on any atom is -0.450 e. The van der Waals surface area contributed by atoms with Gasteiger partial charge < -0.3 is 19.9 Å². The molecule has 2 heterocycles. The minimum atomic E-state index is -0.186. The van der Waals surface area contributed by atoms with E-state index in [9.17, 15) is 4.79 Å². The van der Waals surface area contributed by atoms with Crippen molar-refractivity contribution in [1.82, 2.24) is 20.2 Å². The molecule has 1 saturated heterocycles. The highest BCUT2D eigenvalue weighted by Gasteiger charge is 2.23. The molecule has 0 atom stereocenters. The number of likely N-dealkylation sites (tertiary alicyclic amines) is 1. The number of nitrogens with one attached hydrogen (secondary N) is 2. The lowest BCUT2D eigenvalue weighted by Crippen LogP contribution is -2.45. The van der Waals surface area contributed by atoms with Crippen molar-refractivity contribution in [3.63, 3.8) is 0 Å². The van der Waals surface area contributed by atoms with Crippen molar-refractivity contribution in [3.8, 4) is 0 Å². The number of fused-ring (bicyclic) bond motifs is 1. The van der Waals surface area contributed by atoms with E-state index >= 15 is 0 Å². The Labute approximate surface area is 149 Å². The van der Waals surface area contributed by atoms with E-state index in [1.165, 1.54) is 11.1 Å². The normalized spacial score (nSPS) is 15.7. The van der Waals surface area contributed by atoms with Crippen LogP contribution in [-0.4, -0.2) is 53.2 Å². The molecule has 136 valence electrons. The number of amides is 1. The van der Waals surface area contributed by atoms with Gasteiger partial charge in [0.15, 0.2) is 0 Å². The third-order valence-electron chi connectivity index (χ3n) is 5.04. The van der Waals surface area contributed by atoms with Gasteiger partial charge in [-0.15, -0.1) is 0 Å². The first kappa shape index (κ1) is 17.7. The van der Waals surface area contributed by atoms with Crippen molar-refractivity contribution in [2.24, 2.45) is 0 Å². The average Bonchev–Trinajstić information content (AvgIpc) is 3.03. The monoisotopic (exact) mass is 344 g/mol. The summed E-state index contributed by atoms with van der Waals surface area (Å²) >= 11 is 0. The maximum absolute atomic E-state index is 11.7. The van der Waals surface area contributed by atoms with Gasteiger partial charge in [-0.25, -0.2) is 9.78 Å². The largest absolute Gasteiger partial charge is 0.450 e. The number of carbonyl (C=O) groups is 1. The molecule has 2 aromatic rings. The molecule has 0 spiro atoms. The summed E-state index contributed by atoms with van der Waals surface area (Å²) in [6.45, 7) is 8.94. The second-order valence-electron chi connectivity index (χ2n) is 6.75. The third kappa shape index (κ3) is 4.12. The zero-order valence-corrected chi connectivity index (χ0v) is 15.4. The van der Waals surface area contributed by atoms with Gasteiger partial charge in [0.1, 0.15) is 5.82 Å². The second kappa shape index (κ2) is 7.87. The molecule has 2 N–H and O–H groups in total. The number of hydrogen-bond donors (Lipinski definition) is 2. The van der Waals surface area contributed by atoms with E-state index in [4.69, 9.17) is 9.72 Å². The first-order valence-corrected chi connectivity index (χ1v) is 9.18. The molecule has 0 aliphatic carbocycles. The van der Waals surface area contributed by atoms with Crippen molar-refractivity contribution in [2.45, 2.75) is 46.1 Å². The van der Waals surface area contributed by atoms with Gasteiger partial charge in [0.2, 0.25) is 0 Å². The van der Waals surface area contributed by atoms with Gasteiger partial charge in [-0.3, -0.25) is 0 Å². The number of ether oxygens (including phenoxy) is 1. The van der Waals surface area contributed by atoms with Crippen molar-refractivity contribution < 1.29 is 9.53 Å². The lowest BCUT2D eigenvalue weighted by Gasteiger charge is -2.31. The van der Waals surface area contributed by atoms with Crippen LogP contribution in [-0.2, 0) is 11.2 Å². The highest BCUT2D eigenvalue weighted by Crippen LogP contribution is 2.19. The summed E-state index contributed by atoms with van der Waals surface area (Å²) < 4.78 is 5.06. The number of H-pyrrole nitrogens is 1. The standard InChI is InChI=1S/C19H28N4O2/c1-4-25-19(24)23-11-8-15(9-12-23)20-10-7-17-21-16-6-5-13(2)14(3)18(16)22-17/h5-6,15,20H,4,7-12H2,1-3H3,(H,21,22). The molecule has 1 amide bonds. The molecule has 1 aromatic carbocycles. The number of benzene rings is 1. The maximum Gasteiger partial charge on any atom is 0.409 e. The molecule has 1 aliphatic rings. The van der Waals surface area contributed by atoms with Crippen LogP contribution in [0.3, 0.4) is 0 Å². The molecular weight excluding hydrogens is 316 g/mol. The fraction of sp³-hybridized carbons (Fsp3) is 0.579. The fourth-order valence-electron chi connectivity index (χ4n) is 3.36. The van der Waals surface area contributed by atoms with E-state index < -0.39 is 0 Å². The molecule has 1 fully saturated rings. The first-order valence-electron chi connectivity index (χ1n) is 9.18. The van der Waals surface area contributed by atoms with Crippen LogP contribution in [0.15, 0.2) is 12.1 Å². The minimum absolute atomic E-state index is 0.186. The SMILES string of the molecule is CCOC(=O)N1CCC(NCCc2nc3c(C)c(C)ccc3[nH]2)CC1. The summed E-state index contributed by atoms with van der Waals surface area (Å²) in [5, 5.41) is 3.59. The average molecular weight is 344 g/mol. The van der Waals surface area contributed by atoms with E-state index in [1.54, 1.807) is 4.90 Å². The van der Waals surface area contributed by atoms with E-state index in [2.05, 4.69) is 36.3 Å². The Bertz CT molecular complexity index is 732. The van der Waals surface area contributed by atoms with Crippen molar-refractivity contribution in [3.05, 3.63) is 29.1 Å². The zero-order valence-electron chi connectivity index (χ0n) is 15.4. The Balaban J connectivity index is 1.46. The molecule has 0 radical (unpaired) electrons. The molecule has 0 unspecified atom stereocenters. The number of nitrogens with zero attached hydrogens (tertiary/aromatic N) is 2. The van der Waals surface area contributed by atoms with Crippen LogP contribution >= 0.6 is 0 Å². The molecule has 6 heteroatoms. The van der Waals surface area contributed by atoms with Gasteiger partial charge >= 0.3 is 6.09 Å². The van der Waals surface area contributed by atoms with Gasteiger partial charge in [-0.2, -0.15) is 0 Å². The smallest absolute Gasteiger partial charge is 0.409 e. The summed E-state index contributed by atoms with van der Waals surface area (Å²) in [6.07, 6.45) is 2.63. The quantitative estimate of drug-likeness (QED) is 0.875. The molecule has 6 nitrogen and oxygen atoms in total. The maximum atomic E-state index is 11.7. The van der Waals surface area contributed by atoms with Crippen LogP contribution in [0, 0.1) is 13.8 Å². The predicted octanol–water partition coefficient (Wildman–Crippen LogP) is 2.93. The lowest BCUT2D eigenvalue weighted by molar-refractivity contribution is 0.0952. The van der Waals surface area contributed by atoms with Crippen LogP contribution in [0.2, 0.25) is 0 Å². The van der Waals surface area contributed by atoms with E-state index in [0.29, 0.717) is 12.6 Å². The number of aryl methyl sites for hydroxylation is 2. The summed E-state index contributed by atoms with van der Waals surface area (Å²) in [5.74, 6) is 1.03. The van der Waals surface area contributed by atoms with Gasteiger partial charge in [0, 0.05) is 32.1 Å². The van der Waals surface area contributed by atoms with Gasteiger partial charge in [-0.1, -0.05) is 6.07 Å². The summed E-state index contributed by atoms with van der Waals surface area (Å²) in [6, 6.07) is 4.70. The van der Waals surface area contributed by atoms with Crippen LogP contribution in [0.4, 0.5) is 4.79 Å². The van der Waals surface area contributed by atoms with Crippen LogP contribution in [0.25, 0.3) is 11.0 Å². The van der Waals surface area contributed by atoms with Gasteiger partial charge in [-0.05, 0) is 50.8 Å². The van der Waals surface area contributed by atoms with Crippen LogP contribution in [0.5, 0.6) is 0 Å². The number of carbonyl (C=O) groups excluding carboxylic acids is 1. The predicted molar refractivity (Wildman–Crippen MR) is 98.9 cm³/mol. The molecule has 3 rings (SSSR count). The summed E-state index contributed by atoms with van der Waals surface area (Å²) in [7, 11) is 0. The molecule has 0 saturated carbocycles. The number of aromatic amines is 1. The highest BCUT2D eigenvalue weighted by molar-refractivity contribution is 5.79. The van der Waals surface area contributed by atoms with E-state index in [1.807, 2.05) is 6.92 Å². The van der Waals surface area contributed by atoms with Crippen molar-refractivity contribution in [1.29, 1.82) is 0 Å². The number of hydrogen-bond acceptors (Lipinski definition) is 4. The molecule has 25 heavy (non-hydrogen) atoms. The van der Waals surface area contributed by atoms with Crippen molar-refractivity contribution >= 4 is 17.1 Å². The fourth-order valence-corrected chi connectivity index (χ4v) is 3.36. The number of piperidine rings is 1. The number of rotatable bonds is 5. The van der Waals surface area contributed by atoms with Gasteiger partial charge in [0.05, 0.1) is 17.6 Å². The third-order valence-corrected chi connectivity index (χ3v) is 5.04. The summed E-state index contributed by atoms with van der Waals surface area (Å²) in [4.78, 5) is 21.7. The Morgan fingerprint density at radius 2 is 2.12 bits per heavy atom. The zero-order chi connectivity index (χ0) is 17.8. The van der Waals surface area contributed by atoms with Crippen molar-refractivity contribution in [2.75, 3.05) is 26.2 Å². The van der Waals surface area contributed by atoms with Crippen LogP contribution < -0.4 is 5.32 Å². The molecule has 0 bridgehead atoms. The highest BCUT2D eigenvalue weighted by atomic mass is 16.6. The molecule has 1 aliphatic heterocycles. The number of imidazole rings is 1. The lowest BCUT2D eigenvalue weighted by atomic mass is 10.1. The van der Waals surface area contributed by atoms with Gasteiger partial charge in [0.25, 0.3) is 0 Å².